The third-order valence-corrected chi connectivity index (χ3v) is 5.37. The van der Waals surface area contributed by atoms with Gasteiger partial charge in [-0.05, 0) is 55.1 Å². The van der Waals surface area contributed by atoms with E-state index in [0.29, 0.717) is 12.1 Å². The molecule has 4 unspecified atom stereocenters. The first kappa shape index (κ1) is 16.5. The largest absolute Gasteiger partial charge is 0.307 e. The molecule has 0 amide bonds. The minimum Gasteiger partial charge on any atom is -0.307 e. The van der Waals surface area contributed by atoms with Gasteiger partial charge in [-0.1, -0.05) is 58.4 Å². The Morgan fingerprint density at radius 2 is 1.76 bits per heavy atom. The van der Waals surface area contributed by atoms with Crippen LogP contribution in [0.4, 0.5) is 0 Å². The Balaban J connectivity index is 2.02. The molecule has 0 saturated heterocycles. The Hall–Kier alpha value is -0.820. The fraction of sp³-hybridized carbons (Fsp3) is 0.700. The molecule has 1 aromatic rings. The van der Waals surface area contributed by atoms with Crippen LogP contribution in [0.3, 0.4) is 0 Å². The number of hydrogen-bond donors (Lipinski definition) is 1. The fourth-order valence-electron chi connectivity index (χ4n) is 3.85. The van der Waals surface area contributed by atoms with E-state index in [1.54, 1.807) is 0 Å². The molecule has 0 aromatic heterocycles. The predicted molar refractivity (Wildman–Crippen MR) is 92.5 cm³/mol. The molecule has 1 fully saturated rings. The number of nitrogens with one attached hydrogen (secondary N) is 1. The van der Waals surface area contributed by atoms with Gasteiger partial charge in [0, 0.05) is 12.1 Å². The molecule has 118 valence electrons. The van der Waals surface area contributed by atoms with Crippen molar-refractivity contribution in [3.63, 3.8) is 0 Å². The third-order valence-electron chi connectivity index (χ3n) is 5.37. The van der Waals surface area contributed by atoms with Gasteiger partial charge in [-0.2, -0.15) is 0 Å². The van der Waals surface area contributed by atoms with Gasteiger partial charge in [-0.25, -0.2) is 0 Å². The van der Waals surface area contributed by atoms with Crippen LogP contribution in [0.15, 0.2) is 24.3 Å². The summed E-state index contributed by atoms with van der Waals surface area (Å²) in [7, 11) is 0. The maximum atomic E-state index is 3.93. The molecule has 1 heteroatoms. The van der Waals surface area contributed by atoms with Crippen molar-refractivity contribution in [3.8, 4) is 0 Å². The summed E-state index contributed by atoms with van der Waals surface area (Å²) in [6.45, 7) is 11.7. The Morgan fingerprint density at radius 3 is 2.33 bits per heavy atom. The average Bonchev–Trinajstić information content (AvgIpc) is 2.47. The normalized spacial score (nSPS) is 27.8. The van der Waals surface area contributed by atoms with Gasteiger partial charge in [0.15, 0.2) is 0 Å². The molecule has 1 nitrogen and oxygen atoms in total. The molecule has 1 saturated carbocycles. The quantitative estimate of drug-likeness (QED) is 0.768. The third kappa shape index (κ3) is 4.32. The number of benzene rings is 1. The van der Waals surface area contributed by atoms with E-state index >= 15 is 0 Å². The van der Waals surface area contributed by atoms with E-state index in [0.717, 1.165) is 24.2 Å². The topological polar surface area (TPSA) is 12.0 Å². The lowest BCUT2D eigenvalue weighted by Crippen LogP contribution is -2.43. The highest BCUT2D eigenvalue weighted by atomic mass is 15.0. The van der Waals surface area contributed by atoms with E-state index < -0.39 is 0 Å². The second-order valence-electron chi connectivity index (χ2n) is 7.42. The van der Waals surface area contributed by atoms with Crippen molar-refractivity contribution >= 4 is 0 Å². The van der Waals surface area contributed by atoms with E-state index in [2.05, 4.69) is 64.2 Å². The van der Waals surface area contributed by atoms with Crippen molar-refractivity contribution in [1.29, 1.82) is 0 Å². The van der Waals surface area contributed by atoms with Crippen LogP contribution < -0.4 is 5.32 Å². The molecule has 0 spiro atoms. The van der Waals surface area contributed by atoms with Crippen molar-refractivity contribution in [2.75, 3.05) is 0 Å². The van der Waals surface area contributed by atoms with Crippen molar-refractivity contribution in [1.82, 2.24) is 5.32 Å². The number of rotatable bonds is 5. The molecule has 2 rings (SSSR count). The van der Waals surface area contributed by atoms with Gasteiger partial charge >= 0.3 is 0 Å². The molecular formula is C20H33N. The molecular weight excluding hydrogens is 254 g/mol. The van der Waals surface area contributed by atoms with Crippen LogP contribution in [0.1, 0.15) is 71.0 Å². The van der Waals surface area contributed by atoms with Gasteiger partial charge in [-0.3, -0.25) is 0 Å². The first-order chi connectivity index (χ1) is 10.0. The molecule has 1 N–H and O–H groups in total. The SMILES string of the molecule is CCc1ccc(C(C)NC2CC(C)CCC2C(C)C)cc1. The van der Waals surface area contributed by atoms with Crippen LogP contribution in [0.5, 0.6) is 0 Å². The highest BCUT2D eigenvalue weighted by molar-refractivity contribution is 5.24. The van der Waals surface area contributed by atoms with Gasteiger partial charge in [0.25, 0.3) is 0 Å². The summed E-state index contributed by atoms with van der Waals surface area (Å²) in [6.07, 6.45) is 5.25. The van der Waals surface area contributed by atoms with Crippen LogP contribution >= 0.6 is 0 Å². The molecule has 0 bridgehead atoms. The van der Waals surface area contributed by atoms with E-state index in [4.69, 9.17) is 0 Å². The average molecular weight is 287 g/mol. The Labute approximate surface area is 131 Å². The minimum atomic E-state index is 0.451. The second-order valence-corrected chi connectivity index (χ2v) is 7.42. The summed E-state index contributed by atoms with van der Waals surface area (Å²) < 4.78 is 0. The lowest BCUT2D eigenvalue weighted by molar-refractivity contribution is 0.161. The van der Waals surface area contributed by atoms with Crippen LogP contribution in [0, 0.1) is 17.8 Å². The summed E-state index contributed by atoms with van der Waals surface area (Å²) in [5, 5.41) is 3.93. The standard InChI is InChI=1S/C20H33N/c1-6-17-8-10-18(11-9-17)16(5)21-20-13-15(4)7-12-19(20)14(2)3/h8-11,14-16,19-21H,6-7,12-13H2,1-5H3. The first-order valence-electron chi connectivity index (χ1n) is 8.86. The van der Waals surface area contributed by atoms with Gasteiger partial charge in [0.1, 0.15) is 0 Å². The molecule has 1 aliphatic rings. The summed E-state index contributed by atoms with van der Waals surface area (Å²) >= 11 is 0. The Bertz CT molecular complexity index is 420. The molecule has 4 atom stereocenters. The maximum absolute atomic E-state index is 3.93. The Kier molecular flexibility index (Phi) is 5.87. The zero-order chi connectivity index (χ0) is 15.4. The van der Waals surface area contributed by atoms with Crippen molar-refractivity contribution in [3.05, 3.63) is 35.4 Å². The monoisotopic (exact) mass is 287 g/mol. The smallest absolute Gasteiger partial charge is 0.0294 e. The molecule has 21 heavy (non-hydrogen) atoms. The van der Waals surface area contributed by atoms with Gasteiger partial charge in [-0.15, -0.1) is 0 Å². The van der Waals surface area contributed by atoms with E-state index in [9.17, 15) is 0 Å². The van der Waals surface area contributed by atoms with Crippen molar-refractivity contribution in [2.45, 2.75) is 72.4 Å². The van der Waals surface area contributed by atoms with Gasteiger partial charge < -0.3 is 5.32 Å². The summed E-state index contributed by atoms with van der Waals surface area (Å²) in [5.41, 5.74) is 2.85. The van der Waals surface area contributed by atoms with Gasteiger partial charge in [0.05, 0.1) is 0 Å². The second kappa shape index (κ2) is 7.45. The summed E-state index contributed by atoms with van der Waals surface area (Å²) in [5.74, 6) is 2.48. The predicted octanol–water partition coefficient (Wildman–Crippen LogP) is 5.36. The van der Waals surface area contributed by atoms with E-state index in [-0.39, 0.29) is 0 Å². The Morgan fingerprint density at radius 1 is 1.10 bits per heavy atom. The van der Waals surface area contributed by atoms with Gasteiger partial charge in [0.2, 0.25) is 0 Å². The zero-order valence-corrected chi connectivity index (χ0v) is 14.5. The van der Waals surface area contributed by atoms with Crippen LogP contribution in [0.2, 0.25) is 0 Å². The van der Waals surface area contributed by atoms with Crippen LogP contribution in [-0.2, 0) is 6.42 Å². The van der Waals surface area contributed by atoms with Crippen molar-refractivity contribution < 1.29 is 0 Å². The minimum absolute atomic E-state index is 0.451. The van der Waals surface area contributed by atoms with Crippen LogP contribution in [-0.4, -0.2) is 6.04 Å². The zero-order valence-electron chi connectivity index (χ0n) is 14.5. The van der Waals surface area contributed by atoms with E-state index in [1.165, 1.54) is 30.4 Å². The lowest BCUT2D eigenvalue weighted by Gasteiger charge is -2.39. The number of hydrogen-bond acceptors (Lipinski definition) is 1. The molecule has 1 aromatic carbocycles. The highest BCUT2D eigenvalue weighted by Crippen LogP contribution is 2.34. The first-order valence-corrected chi connectivity index (χ1v) is 8.86. The highest BCUT2D eigenvalue weighted by Gasteiger charge is 2.31. The van der Waals surface area contributed by atoms with Crippen LogP contribution in [0.25, 0.3) is 0 Å². The van der Waals surface area contributed by atoms with E-state index in [1.807, 2.05) is 0 Å². The fourth-order valence-corrected chi connectivity index (χ4v) is 3.85. The van der Waals surface area contributed by atoms with Crippen molar-refractivity contribution in [2.24, 2.45) is 17.8 Å². The summed E-state index contributed by atoms with van der Waals surface area (Å²) in [6, 6.07) is 10.3. The maximum Gasteiger partial charge on any atom is 0.0294 e. The molecule has 0 radical (unpaired) electrons. The lowest BCUT2D eigenvalue weighted by atomic mass is 9.73. The molecule has 0 heterocycles. The summed E-state index contributed by atoms with van der Waals surface area (Å²) in [4.78, 5) is 0. The molecule has 0 aliphatic heterocycles. The molecule has 1 aliphatic carbocycles. The number of aryl methyl sites for hydroxylation is 1.